The van der Waals surface area contributed by atoms with Crippen molar-refractivity contribution in [2.75, 3.05) is 19.8 Å². The minimum Gasteiger partial charge on any atom is -0.381 e. The maximum atomic E-state index is 11.9. The van der Waals surface area contributed by atoms with Crippen molar-refractivity contribution in [2.24, 2.45) is 11.7 Å². The molecule has 0 aliphatic heterocycles. The van der Waals surface area contributed by atoms with Crippen LogP contribution in [-0.2, 0) is 11.3 Å². The topological polar surface area (TPSA) is 93.5 Å². The molecule has 0 heterocycles. The SMILES string of the molecule is NC(=O)NCc1ccc(C(=O)NCCCOCC2CC2)cc1. The van der Waals surface area contributed by atoms with Crippen LogP contribution in [0.3, 0.4) is 0 Å². The standard InChI is InChI=1S/C16H23N3O3/c17-16(21)19-10-12-4-6-14(7-5-12)15(20)18-8-1-9-22-11-13-2-3-13/h4-7,13H,1-3,8-11H2,(H,18,20)(H3,17,19,21). The number of nitrogens with one attached hydrogen (secondary N) is 2. The summed E-state index contributed by atoms with van der Waals surface area (Å²) in [7, 11) is 0. The lowest BCUT2D eigenvalue weighted by Crippen LogP contribution is -2.28. The van der Waals surface area contributed by atoms with Gasteiger partial charge in [-0.2, -0.15) is 0 Å². The molecule has 4 N–H and O–H groups in total. The molecule has 22 heavy (non-hydrogen) atoms. The highest BCUT2D eigenvalue weighted by molar-refractivity contribution is 5.94. The molecular weight excluding hydrogens is 282 g/mol. The Kier molecular flexibility index (Phi) is 6.21. The number of primary amides is 1. The molecule has 1 aliphatic rings. The van der Waals surface area contributed by atoms with Gasteiger partial charge in [-0.15, -0.1) is 0 Å². The summed E-state index contributed by atoms with van der Waals surface area (Å²) in [6, 6.07) is 6.49. The van der Waals surface area contributed by atoms with E-state index in [2.05, 4.69) is 10.6 Å². The van der Waals surface area contributed by atoms with Crippen LogP contribution in [0.4, 0.5) is 4.79 Å². The van der Waals surface area contributed by atoms with Gasteiger partial charge in [0, 0.05) is 31.9 Å². The van der Waals surface area contributed by atoms with E-state index in [0.29, 0.717) is 25.3 Å². The van der Waals surface area contributed by atoms with Gasteiger partial charge in [0.05, 0.1) is 0 Å². The largest absolute Gasteiger partial charge is 0.381 e. The first-order valence-corrected chi connectivity index (χ1v) is 7.63. The Morgan fingerprint density at radius 2 is 1.91 bits per heavy atom. The quantitative estimate of drug-likeness (QED) is 0.602. The Morgan fingerprint density at radius 1 is 1.18 bits per heavy atom. The van der Waals surface area contributed by atoms with Crippen molar-refractivity contribution in [3.05, 3.63) is 35.4 Å². The summed E-state index contributed by atoms with van der Waals surface area (Å²) in [5.41, 5.74) is 6.49. The van der Waals surface area contributed by atoms with Gasteiger partial charge in [0.1, 0.15) is 0 Å². The fourth-order valence-corrected chi connectivity index (χ4v) is 1.98. The second kappa shape index (κ2) is 8.38. The molecule has 6 nitrogen and oxygen atoms in total. The van der Waals surface area contributed by atoms with E-state index in [1.165, 1.54) is 12.8 Å². The van der Waals surface area contributed by atoms with E-state index >= 15 is 0 Å². The number of ether oxygens (including phenoxy) is 1. The van der Waals surface area contributed by atoms with Crippen molar-refractivity contribution >= 4 is 11.9 Å². The van der Waals surface area contributed by atoms with E-state index < -0.39 is 6.03 Å². The number of carbonyl (C=O) groups is 2. The second-order valence-corrected chi connectivity index (χ2v) is 5.54. The van der Waals surface area contributed by atoms with E-state index in [4.69, 9.17) is 10.5 Å². The molecule has 1 fully saturated rings. The second-order valence-electron chi connectivity index (χ2n) is 5.54. The molecule has 0 atom stereocenters. The molecule has 0 spiro atoms. The summed E-state index contributed by atoms with van der Waals surface area (Å²) in [6.07, 6.45) is 3.41. The minimum atomic E-state index is -0.564. The van der Waals surface area contributed by atoms with Gasteiger partial charge in [-0.3, -0.25) is 4.79 Å². The molecule has 2 rings (SSSR count). The van der Waals surface area contributed by atoms with Gasteiger partial charge in [0.25, 0.3) is 5.91 Å². The van der Waals surface area contributed by atoms with Gasteiger partial charge < -0.3 is 21.1 Å². The van der Waals surface area contributed by atoms with Crippen LogP contribution in [0.1, 0.15) is 35.2 Å². The summed E-state index contributed by atoms with van der Waals surface area (Å²) in [5, 5.41) is 5.36. The van der Waals surface area contributed by atoms with Crippen molar-refractivity contribution in [1.29, 1.82) is 0 Å². The van der Waals surface area contributed by atoms with Crippen LogP contribution < -0.4 is 16.4 Å². The van der Waals surface area contributed by atoms with Crippen LogP contribution in [0.25, 0.3) is 0 Å². The van der Waals surface area contributed by atoms with E-state index in [9.17, 15) is 9.59 Å². The van der Waals surface area contributed by atoms with Crippen LogP contribution >= 0.6 is 0 Å². The van der Waals surface area contributed by atoms with Crippen molar-refractivity contribution in [1.82, 2.24) is 10.6 Å². The lowest BCUT2D eigenvalue weighted by Gasteiger charge is -2.07. The lowest BCUT2D eigenvalue weighted by atomic mass is 10.1. The zero-order chi connectivity index (χ0) is 15.8. The third kappa shape index (κ3) is 6.13. The van der Waals surface area contributed by atoms with E-state index in [0.717, 1.165) is 24.5 Å². The van der Waals surface area contributed by atoms with Gasteiger partial charge in [-0.25, -0.2) is 4.79 Å². The molecule has 1 aromatic rings. The first kappa shape index (κ1) is 16.3. The van der Waals surface area contributed by atoms with Crippen LogP contribution in [0, 0.1) is 5.92 Å². The summed E-state index contributed by atoms with van der Waals surface area (Å²) < 4.78 is 5.51. The molecule has 0 saturated heterocycles. The van der Waals surface area contributed by atoms with Crippen molar-refractivity contribution in [3.8, 4) is 0 Å². The Morgan fingerprint density at radius 3 is 2.55 bits per heavy atom. The van der Waals surface area contributed by atoms with E-state index in [1.807, 2.05) is 0 Å². The third-order valence-corrected chi connectivity index (χ3v) is 3.48. The van der Waals surface area contributed by atoms with Crippen molar-refractivity contribution in [3.63, 3.8) is 0 Å². The maximum absolute atomic E-state index is 11.9. The predicted molar refractivity (Wildman–Crippen MR) is 83.4 cm³/mol. The molecule has 0 aromatic heterocycles. The lowest BCUT2D eigenvalue weighted by molar-refractivity contribution is 0.0937. The first-order chi connectivity index (χ1) is 10.6. The number of rotatable bonds is 9. The fourth-order valence-electron chi connectivity index (χ4n) is 1.98. The summed E-state index contributed by atoms with van der Waals surface area (Å²) >= 11 is 0. The number of nitrogens with two attached hydrogens (primary N) is 1. The van der Waals surface area contributed by atoms with Gasteiger partial charge in [-0.1, -0.05) is 12.1 Å². The van der Waals surface area contributed by atoms with E-state index in [1.54, 1.807) is 24.3 Å². The smallest absolute Gasteiger partial charge is 0.312 e. The monoisotopic (exact) mass is 305 g/mol. The first-order valence-electron chi connectivity index (χ1n) is 7.63. The Hall–Kier alpha value is -2.08. The molecule has 120 valence electrons. The number of amides is 3. The zero-order valence-electron chi connectivity index (χ0n) is 12.6. The van der Waals surface area contributed by atoms with Crippen molar-refractivity contribution < 1.29 is 14.3 Å². The summed E-state index contributed by atoms with van der Waals surface area (Å²) in [5.74, 6) is 0.675. The molecule has 0 bridgehead atoms. The van der Waals surface area contributed by atoms with Gasteiger partial charge in [0.2, 0.25) is 0 Å². The van der Waals surface area contributed by atoms with E-state index in [-0.39, 0.29) is 5.91 Å². The number of hydrogen-bond donors (Lipinski definition) is 3. The number of carbonyl (C=O) groups excluding carboxylic acids is 2. The molecule has 1 aromatic carbocycles. The Bertz CT molecular complexity index is 498. The number of hydrogen-bond acceptors (Lipinski definition) is 3. The maximum Gasteiger partial charge on any atom is 0.312 e. The van der Waals surface area contributed by atoms with Gasteiger partial charge in [-0.05, 0) is 42.9 Å². The van der Waals surface area contributed by atoms with Crippen LogP contribution in [0.5, 0.6) is 0 Å². The fraction of sp³-hybridized carbons (Fsp3) is 0.500. The third-order valence-electron chi connectivity index (χ3n) is 3.48. The highest BCUT2D eigenvalue weighted by Gasteiger charge is 2.20. The summed E-state index contributed by atoms with van der Waals surface area (Å²) in [6.45, 7) is 2.51. The molecular formula is C16H23N3O3. The van der Waals surface area contributed by atoms with Crippen LogP contribution in [-0.4, -0.2) is 31.7 Å². The van der Waals surface area contributed by atoms with Crippen molar-refractivity contribution in [2.45, 2.75) is 25.8 Å². The predicted octanol–water partition coefficient (Wildman–Crippen LogP) is 1.40. The van der Waals surface area contributed by atoms with Crippen LogP contribution in [0.15, 0.2) is 24.3 Å². The Balaban J connectivity index is 1.62. The Labute approximate surface area is 130 Å². The number of urea groups is 1. The minimum absolute atomic E-state index is 0.100. The molecule has 0 radical (unpaired) electrons. The summed E-state index contributed by atoms with van der Waals surface area (Å²) in [4.78, 5) is 22.5. The average molecular weight is 305 g/mol. The molecule has 6 heteroatoms. The molecule has 0 unspecified atom stereocenters. The normalized spacial score (nSPS) is 13.6. The molecule has 3 amide bonds. The number of benzene rings is 1. The highest BCUT2D eigenvalue weighted by Crippen LogP contribution is 2.28. The average Bonchev–Trinajstić information content (AvgIpc) is 3.33. The van der Waals surface area contributed by atoms with Gasteiger partial charge >= 0.3 is 6.03 Å². The van der Waals surface area contributed by atoms with Crippen LogP contribution in [0.2, 0.25) is 0 Å². The molecule has 1 saturated carbocycles. The highest BCUT2D eigenvalue weighted by atomic mass is 16.5. The van der Waals surface area contributed by atoms with Gasteiger partial charge in [0.15, 0.2) is 0 Å². The zero-order valence-corrected chi connectivity index (χ0v) is 12.6. The molecule has 1 aliphatic carbocycles.